The molecule has 0 aliphatic heterocycles. The molecule has 0 spiro atoms. The summed E-state index contributed by atoms with van der Waals surface area (Å²) < 4.78 is 37.4. The maximum Gasteiger partial charge on any atom is 0.443 e. The molecule has 0 saturated carbocycles. The van der Waals surface area contributed by atoms with Gasteiger partial charge in [0.05, 0.1) is 11.0 Å². The highest BCUT2D eigenvalue weighted by atomic mass is 32.1. The van der Waals surface area contributed by atoms with Crippen LogP contribution >= 0.6 is 11.3 Å². The molecular formula is C14H14F3NOS. The molecule has 0 fully saturated rings. The van der Waals surface area contributed by atoms with Crippen LogP contribution in [0.1, 0.15) is 40.8 Å². The molecule has 2 unspecified atom stereocenters. The lowest BCUT2D eigenvalue weighted by molar-refractivity contribution is -0.137. The summed E-state index contributed by atoms with van der Waals surface area (Å²) in [6, 6.07) is 9.56. The summed E-state index contributed by atoms with van der Waals surface area (Å²) in [4.78, 5) is 3.57. The molecular weight excluding hydrogens is 287 g/mol. The summed E-state index contributed by atoms with van der Waals surface area (Å²) in [5.41, 5.74) is 1.05. The zero-order chi connectivity index (χ0) is 14.8. The Kier molecular flexibility index (Phi) is 4.45. The van der Waals surface area contributed by atoms with Crippen LogP contribution in [0.3, 0.4) is 0 Å². The Hall–Kier alpha value is -1.40. The lowest BCUT2D eigenvalue weighted by Crippen LogP contribution is -2.03. The smallest absolute Gasteiger partial charge is 0.387 e. The standard InChI is InChI=1S/C14H14F3NOS/c1-9(10-5-3-2-4-6-10)7-11(19)12-8-18-13(20-12)14(15,16)17/h2-6,8-9,11,19H,7H2,1H3. The molecule has 0 aliphatic carbocycles. The summed E-state index contributed by atoms with van der Waals surface area (Å²) in [6.07, 6.45) is -3.91. The average Bonchev–Trinajstić information content (AvgIpc) is 2.89. The second kappa shape index (κ2) is 5.93. The highest BCUT2D eigenvalue weighted by Gasteiger charge is 2.35. The largest absolute Gasteiger partial charge is 0.443 e. The van der Waals surface area contributed by atoms with Crippen LogP contribution in [0, 0.1) is 0 Å². The molecule has 2 nitrogen and oxygen atoms in total. The van der Waals surface area contributed by atoms with Gasteiger partial charge in [-0.1, -0.05) is 37.3 Å². The predicted octanol–water partition coefficient (Wildman–Crippen LogP) is 4.39. The molecule has 0 aliphatic rings. The molecule has 2 aromatic rings. The van der Waals surface area contributed by atoms with Crippen molar-refractivity contribution in [2.45, 2.75) is 31.5 Å². The number of hydrogen-bond donors (Lipinski definition) is 1. The van der Waals surface area contributed by atoms with Gasteiger partial charge in [-0.05, 0) is 17.9 Å². The molecule has 20 heavy (non-hydrogen) atoms. The van der Waals surface area contributed by atoms with Gasteiger partial charge in [-0.25, -0.2) is 4.98 Å². The Balaban J connectivity index is 2.05. The maximum atomic E-state index is 12.5. The molecule has 0 bridgehead atoms. The van der Waals surface area contributed by atoms with Crippen molar-refractivity contribution >= 4 is 11.3 Å². The molecule has 6 heteroatoms. The highest BCUT2D eigenvalue weighted by molar-refractivity contribution is 7.11. The zero-order valence-electron chi connectivity index (χ0n) is 10.8. The van der Waals surface area contributed by atoms with Gasteiger partial charge in [0.2, 0.25) is 0 Å². The van der Waals surface area contributed by atoms with Crippen LogP contribution in [-0.4, -0.2) is 10.1 Å². The summed E-state index contributed by atoms with van der Waals surface area (Å²) in [5, 5.41) is 9.12. The van der Waals surface area contributed by atoms with Crippen molar-refractivity contribution < 1.29 is 18.3 Å². The average molecular weight is 301 g/mol. The van der Waals surface area contributed by atoms with Crippen LogP contribution < -0.4 is 0 Å². The van der Waals surface area contributed by atoms with Crippen molar-refractivity contribution in [1.29, 1.82) is 0 Å². The van der Waals surface area contributed by atoms with Crippen LogP contribution in [-0.2, 0) is 6.18 Å². The second-order valence-corrected chi connectivity index (χ2v) is 5.69. The van der Waals surface area contributed by atoms with Gasteiger partial charge in [-0.3, -0.25) is 0 Å². The minimum Gasteiger partial charge on any atom is -0.387 e. The number of alkyl halides is 3. The van der Waals surface area contributed by atoms with Gasteiger partial charge in [-0.2, -0.15) is 13.2 Å². The number of aliphatic hydroxyl groups is 1. The van der Waals surface area contributed by atoms with Crippen LogP contribution in [0.5, 0.6) is 0 Å². The monoisotopic (exact) mass is 301 g/mol. The number of hydrogen-bond acceptors (Lipinski definition) is 3. The first-order valence-corrected chi connectivity index (χ1v) is 6.95. The van der Waals surface area contributed by atoms with E-state index in [1.54, 1.807) is 0 Å². The fourth-order valence-corrected chi connectivity index (χ4v) is 2.72. The van der Waals surface area contributed by atoms with E-state index in [0.29, 0.717) is 17.8 Å². The molecule has 0 saturated heterocycles. The first-order valence-electron chi connectivity index (χ1n) is 6.14. The lowest BCUT2D eigenvalue weighted by Gasteiger charge is -2.15. The number of aliphatic hydroxyl groups excluding tert-OH is 1. The molecule has 108 valence electrons. The van der Waals surface area contributed by atoms with E-state index in [-0.39, 0.29) is 10.8 Å². The van der Waals surface area contributed by atoms with E-state index in [9.17, 15) is 18.3 Å². The predicted molar refractivity (Wildman–Crippen MR) is 71.5 cm³/mol. The molecule has 0 radical (unpaired) electrons. The molecule has 1 aromatic heterocycles. The lowest BCUT2D eigenvalue weighted by atomic mass is 9.95. The molecule has 1 aromatic carbocycles. The Labute approximate surface area is 118 Å². The van der Waals surface area contributed by atoms with Crippen molar-refractivity contribution in [2.24, 2.45) is 0 Å². The van der Waals surface area contributed by atoms with Crippen molar-refractivity contribution in [3.63, 3.8) is 0 Å². The van der Waals surface area contributed by atoms with E-state index in [0.717, 1.165) is 11.8 Å². The first kappa shape index (κ1) is 15.0. The summed E-state index contributed by atoms with van der Waals surface area (Å²) in [6.45, 7) is 1.93. The van der Waals surface area contributed by atoms with Gasteiger partial charge in [0.15, 0.2) is 5.01 Å². The number of benzene rings is 1. The SMILES string of the molecule is CC(CC(O)c1cnc(C(F)(F)F)s1)c1ccccc1. The Bertz CT molecular complexity index is 553. The number of thiazole rings is 1. The minimum atomic E-state index is -4.45. The number of rotatable bonds is 4. The highest BCUT2D eigenvalue weighted by Crippen LogP contribution is 2.36. The van der Waals surface area contributed by atoms with Crippen LogP contribution in [0.25, 0.3) is 0 Å². The summed E-state index contributed by atoms with van der Waals surface area (Å²) in [5.74, 6) is 0.0580. The summed E-state index contributed by atoms with van der Waals surface area (Å²) in [7, 11) is 0. The van der Waals surface area contributed by atoms with E-state index in [1.807, 2.05) is 37.3 Å². The van der Waals surface area contributed by atoms with E-state index in [4.69, 9.17) is 0 Å². The van der Waals surface area contributed by atoms with Crippen LogP contribution in [0.4, 0.5) is 13.2 Å². The van der Waals surface area contributed by atoms with Crippen molar-refractivity contribution in [1.82, 2.24) is 4.98 Å². The molecule has 1 heterocycles. The number of nitrogens with zero attached hydrogens (tertiary/aromatic N) is 1. The van der Waals surface area contributed by atoms with Crippen molar-refractivity contribution in [3.05, 3.63) is 52.0 Å². The zero-order valence-corrected chi connectivity index (χ0v) is 11.6. The van der Waals surface area contributed by atoms with Gasteiger partial charge in [-0.15, -0.1) is 11.3 Å². The van der Waals surface area contributed by atoms with Gasteiger partial charge >= 0.3 is 6.18 Å². The van der Waals surface area contributed by atoms with E-state index < -0.39 is 17.3 Å². The van der Waals surface area contributed by atoms with Crippen LogP contribution in [0.2, 0.25) is 0 Å². The third-order valence-corrected chi connectivity index (χ3v) is 4.18. The van der Waals surface area contributed by atoms with Gasteiger partial charge < -0.3 is 5.11 Å². The molecule has 2 rings (SSSR count). The van der Waals surface area contributed by atoms with E-state index in [1.165, 1.54) is 0 Å². The molecule has 0 amide bonds. The third kappa shape index (κ3) is 3.58. The molecule has 1 N–H and O–H groups in total. The van der Waals surface area contributed by atoms with E-state index in [2.05, 4.69) is 4.98 Å². The maximum absolute atomic E-state index is 12.5. The number of aromatic nitrogens is 1. The normalized spacial score (nSPS) is 15.1. The van der Waals surface area contributed by atoms with Crippen LogP contribution in [0.15, 0.2) is 36.5 Å². The van der Waals surface area contributed by atoms with Gasteiger partial charge in [0.1, 0.15) is 0 Å². The Morgan fingerprint density at radius 1 is 1.25 bits per heavy atom. The second-order valence-electron chi connectivity index (χ2n) is 4.63. The number of halogens is 3. The molecule has 2 atom stereocenters. The Morgan fingerprint density at radius 3 is 2.45 bits per heavy atom. The minimum absolute atomic E-state index is 0.0580. The quantitative estimate of drug-likeness (QED) is 0.908. The fourth-order valence-electron chi connectivity index (χ4n) is 1.94. The topological polar surface area (TPSA) is 33.1 Å². The fraction of sp³-hybridized carbons (Fsp3) is 0.357. The van der Waals surface area contributed by atoms with Crippen molar-refractivity contribution in [2.75, 3.05) is 0 Å². The summed E-state index contributed by atoms with van der Waals surface area (Å²) >= 11 is 0.499. The van der Waals surface area contributed by atoms with Gasteiger partial charge in [0.25, 0.3) is 0 Å². The van der Waals surface area contributed by atoms with Gasteiger partial charge in [0, 0.05) is 6.20 Å². The van der Waals surface area contributed by atoms with E-state index >= 15 is 0 Å². The third-order valence-electron chi connectivity index (χ3n) is 3.04. The Morgan fingerprint density at radius 2 is 1.90 bits per heavy atom. The first-order chi connectivity index (χ1) is 9.38. The van der Waals surface area contributed by atoms with Crippen molar-refractivity contribution in [3.8, 4) is 0 Å².